The topological polar surface area (TPSA) is 98.0 Å². The summed E-state index contributed by atoms with van der Waals surface area (Å²) in [6, 6.07) is 8.95. The van der Waals surface area contributed by atoms with Crippen molar-refractivity contribution in [2.45, 2.75) is 12.1 Å². The first-order chi connectivity index (χ1) is 14.8. The zero-order valence-corrected chi connectivity index (χ0v) is 16.5. The number of tetrazole rings is 1. The Morgan fingerprint density at radius 2 is 2.00 bits per heavy atom. The molecule has 30 heavy (non-hydrogen) atoms. The maximum atomic E-state index is 13.6. The molecule has 0 radical (unpaired) electrons. The van der Waals surface area contributed by atoms with Crippen LogP contribution in [-0.2, 0) is 9.47 Å². The maximum absolute atomic E-state index is 13.6. The fraction of sp³-hybridized carbons (Fsp3) is 0.450. The fourth-order valence-electron chi connectivity index (χ4n) is 4.17. The van der Waals surface area contributed by atoms with E-state index in [1.807, 2.05) is 23.2 Å². The van der Waals surface area contributed by atoms with Crippen molar-refractivity contribution in [1.29, 1.82) is 0 Å². The van der Waals surface area contributed by atoms with Gasteiger partial charge in [-0.25, -0.2) is 0 Å². The second-order valence-electron chi connectivity index (χ2n) is 7.41. The van der Waals surface area contributed by atoms with E-state index in [-0.39, 0.29) is 18.1 Å². The van der Waals surface area contributed by atoms with Gasteiger partial charge >= 0.3 is 0 Å². The van der Waals surface area contributed by atoms with Crippen LogP contribution in [0.15, 0.2) is 42.7 Å². The first kappa shape index (κ1) is 19.0. The van der Waals surface area contributed by atoms with E-state index in [2.05, 4.69) is 25.4 Å². The molecule has 5 rings (SSSR count). The monoisotopic (exact) mass is 409 g/mol. The second kappa shape index (κ2) is 8.42. The summed E-state index contributed by atoms with van der Waals surface area (Å²) < 4.78 is 13.1. The number of morpholine rings is 2. The SMILES string of the molecule is O=C(c1cccc2nnnn12)N1CCO[C@@H](CN2CCOCC2)[C@@H]1c1cccnc1. The third-order valence-corrected chi connectivity index (χ3v) is 5.62. The summed E-state index contributed by atoms with van der Waals surface area (Å²) in [5.74, 6) is -0.128. The van der Waals surface area contributed by atoms with Crippen molar-refractivity contribution in [1.82, 2.24) is 34.8 Å². The normalized spacial score (nSPS) is 23.0. The van der Waals surface area contributed by atoms with Gasteiger partial charge in [0.15, 0.2) is 5.65 Å². The van der Waals surface area contributed by atoms with Crippen LogP contribution in [0.2, 0.25) is 0 Å². The summed E-state index contributed by atoms with van der Waals surface area (Å²) in [5, 5.41) is 11.6. The summed E-state index contributed by atoms with van der Waals surface area (Å²) in [7, 11) is 0. The lowest BCUT2D eigenvalue weighted by molar-refractivity contribution is -0.0821. The summed E-state index contributed by atoms with van der Waals surface area (Å²) in [4.78, 5) is 22.1. The molecule has 2 saturated heterocycles. The van der Waals surface area contributed by atoms with E-state index < -0.39 is 0 Å². The molecule has 0 N–H and O–H groups in total. The van der Waals surface area contributed by atoms with Gasteiger partial charge in [-0.15, -0.1) is 5.10 Å². The van der Waals surface area contributed by atoms with E-state index in [4.69, 9.17) is 9.47 Å². The number of rotatable bonds is 4. The van der Waals surface area contributed by atoms with Gasteiger partial charge < -0.3 is 14.4 Å². The van der Waals surface area contributed by atoms with Gasteiger partial charge in [0.25, 0.3) is 5.91 Å². The number of hydrogen-bond acceptors (Lipinski definition) is 8. The second-order valence-corrected chi connectivity index (χ2v) is 7.41. The molecule has 3 aromatic rings. The number of carbonyl (C=O) groups is 1. The number of amides is 1. The molecule has 2 atom stereocenters. The van der Waals surface area contributed by atoms with Crippen LogP contribution in [0, 0.1) is 0 Å². The van der Waals surface area contributed by atoms with E-state index in [1.165, 1.54) is 4.52 Å². The summed E-state index contributed by atoms with van der Waals surface area (Å²) >= 11 is 0. The molecule has 3 aromatic heterocycles. The van der Waals surface area contributed by atoms with Crippen molar-refractivity contribution in [3.63, 3.8) is 0 Å². The molecule has 0 spiro atoms. The minimum atomic E-state index is -0.255. The molecule has 2 aliphatic heterocycles. The molecule has 0 aliphatic carbocycles. The van der Waals surface area contributed by atoms with Gasteiger partial charge in [-0.1, -0.05) is 12.1 Å². The molecule has 2 aliphatic rings. The Labute approximate surface area is 173 Å². The average Bonchev–Trinajstić information content (AvgIpc) is 3.29. The Bertz CT molecular complexity index is 1010. The van der Waals surface area contributed by atoms with Gasteiger partial charge in [0.05, 0.1) is 32.0 Å². The largest absolute Gasteiger partial charge is 0.379 e. The lowest BCUT2D eigenvalue weighted by Gasteiger charge is -2.43. The standard InChI is InChI=1S/C20H23N7O3/c28-20(16-4-1-5-18-22-23-24-27(16)18)26-9-12-30-17(14-25-7-10-29-11-8-25)19(26)15-3-2-6-21-13-15/h1-6,13,17,19H,7-12,14H2/t17-,19-/m0/s1. The van der Waals surface area contributed by atoms with E-state index >= 15 is 0 Å². The molecule has 5 heterocycles. The van der Waals surface area contributed by atoms with Gasteiger partial charge in [0.2, 0.25) is 0 Å². The van der Waals surface area contributed by atoms with Crippen molar-refractivity contribution >= 4 is 11.6 Å². The van der Waals surface area contributed by atoms with Crippen LogP contribution in [0.3, 0.4) is 0 Å². The Balaban J connectivity index is 1.49. The highest BCUT2D eigenvalue weighted by molar-refractivity contribution is 5.93. The smallest absolute Gasteiger partial charge is 0.273 e. The Morgan fingerprint density at radius 3 is 2.83 bits per heavy atom. The van der Waals surface area contributed by atoms with Gasteiger partial charge in [-0.05, 0) is 34.2 Å². The highest BCUT2D eigenvalue weighted by atomic mass is 16.5. The quantitative estimate of drug-likeness (QED) is 0.612. The van der Waals surface area contributed by atoms with Gasteiger partial charge in [0.1, 0.15) is 5.69 Å². The minimum Gasteiger partial charge on any atom is -0.379 e. The maximum Gasteiger partial charge on any atom is 0.273 e. The van der Waals surface area contributed by atoms with Crippen LogP contribution in [0.4, 0.5) is 0 Å². The number of aromatic nitrogens is 5. The van der Waals surface area contributed by atoms with Crippen LogP contribution in [0.5, 0.6) is 0 Å². The number of carbonyl (C=O) groups excluding carboxylic acids is 1. The van der Waals surface area contributed by atoms with Gasteiger partial charge in [-0.3, -0.25) is 14.7 Å². The Kier molecular flexibility index (Phi) is 5.35. The van der Waals surface area contributed by atoms with E-state index in [9.17, 15) is 4.79 Å². The minimum absolute atomic E-state index is 0.128. The predicted molar refractivity (Wildman–Crippen MR) is 106 cm³/mol. The number of hydrogen-bond donors (Lipinski definition) is 0. The first-order valence-corrected chi connectivity index (χ1v) is 10.1. The van der Waals surface area contributed by atoms with Gasteiger partial charge in [-0.2, -0.15) is 4.52 Å². The van der Waals surface area contributed by atoms with Crippen molar-refractivity contribution in [3.05, 3.63) is 54.0 Å². The number of fused-ring (bicyclic) bond motifs is 1. The van der Waals surface area contributed by atoms with E-state index in [1.54, 1.807) is 24.4 Å². The van der Waals surface area contributed by atoms with E-state index in [0.717, 1.165) is 25.2 Å². The third kappa shape index (κ3) is 3.64. The van der Waals surface area contributed by atoms with Crippen LogP contribution in [-0.4, -0.2) is 92.8 Å². The van der Waals surface area contributed by atoms with Crippen molar-refractivity contribution in [2.24, 2.45) is 0 Å². The molecule has 10 nitrogen and oxygen atoms in total. The molecular formula is C20H23N7O3. The molecule has 0 bridgehead atoms. The van der Waals surface area contributed by atoms with Crippen LogP contribution in [0.25, 0.3) is 5.65 Å². The van der Waals surface area contributed by atoms with Crippen LogP contribution in [0.1, 0.15) is 22.1 Å². The zero-order chi connectivity index (χ0) is 20.3. The van der Waals surface area contributed by atoms with Crippen LogP contribution < -0.4 is 0 Å². The fourth-order valence-corrected chi connectivity index (χ4v) is 4.17. The molecule has 1 amide bonds. The molecule has 2 fully saturated rings. The summed E-state index contributed by atoms with van der Waals surface area (Å²) in [6.07, 6.45) is 3.37. The van der Waals surface area contributed by atoms with Crippen molar-refractivity contribution < 1.29 is 14.3 Å². The molecule has 10 heteroatoms. The number of pyridine rings is 2. The third-order valence-electron chi connectivity index (χ3n) is 5.62. The van der Waals surface area contributed by atoms with E-state index in [0.29, 0.717) is 37.7 Å². The highest BCUT2D eigenvalue weighted by Gasteiger charge is 2.38. The zero-order valence-electron chi connectivity index (χ0n) is 16.5. The average molecular weight is 409 g/mol. The lowest BCUT2D eigenvalue weighted by atomic mass is 9.98. The Hall–Kier alpha value is -2.95. The van der Waals surface area contributed by atoms with Gasteiger partial charge in [0, 0.05) is 38.6 Å². The first-order valence-electron chi connectivity index (χ1n) is 10.1. The molecule has 0 aromatic carbocycles. The molecular weight excluding hydrogens is 386 g/mol. The summed E-state index contributed by atoms with van der Waals surface area (Å²) in [6.45, 7) is 4.83. The van der Waals surface area contributed by atoms with Crippen LogP contribution >= 0.6 is 0 Å². The number of nitrogens with zero attached hydrogens (tertiary/aromatic N) is 7. The number of ether oxygens (including phenoxy) is 2. The molecule has 156 valence electrons. The lowest BCUT2D eigenvalue weighted by Crippen LogP contribution is -2.53. The Morgan fingerprint density at radius 1 is 1.10 bits per heavy atom. The molecule has 0 saturated carbocycles. The molecule has 0 unspecified atom stereocenters. The van der Waals surface area contributed by atoms with Crippen molar-refractivity contribution in [2.75, 3.05) is 46.0 Å². The highest BCUT2D eigenvalue weighted by Crippen LogP contribution is 2.31. The predicted octanol–water partition coefficient (Wildman–Crippen LogP) is 0.434. The van der Waals surface area contributed by atoms with Crippen molar-refractivity contribution in [3.8, 4) is 0 Å². The summed E-state index contributed by atoms with van der Waals surface area (Å²) in [5.41, 5.74) is 1.92.